The molecule has 0 aromatic heterocycles. The van der Waals surface area contributed by atoms with Crippen LogP contribution in [-0.4, -0.2) is 59.6 Å². The summed E-state index contributed by atoms with van der Waals surface area (Å²) in [5.41, 5.74) is 1.38. The zero-order chi connectivity index (χ0) is 16.1. The molecule has 3 rings (SSSR count). The average molecular weight is 406 g/mol. The number of halogens is 2. The summed E-state index contributed by atoms with van der Waals surface area (Å²) < 4.78 is 0. The maximum Gasteiger partial charge on any atom is 0.240 e. The highest BCUT2D eigenvalue weighted by Crippen LogP contribution is 2.21. The molecule has 2 saturated heterocycles. The molecule has 1 N–H and O–H groups in total. The van der Waals surface area contributed by atoms with Crippen LogP contribution < -0.4 is 5.32 Å². The standard InChI is InChI=1S/C18H27N3OS.2ClH/c1-2-21(18(22)17-13-23-14-19-17)12-16-8-9-20(11-16)10-15-6-4-3-5-7-15;;/h3-7,16-17,19H,2,8-14H2,1H3;2*1H. The summed E-state index contributed by atoms with van der Waals surface area (Å²) in [6.45, 7) is 7.09. The van der Waals surface area contributed by atoms with Gasteiger partial charge < -0.3 is 4.90 Å². The van der Waals surface area contributed by atoms with Gasteiger partial charge in [0.25, 0.3) is 0 Å². The van der Waals surface area contributed by atoms with E-state index in [-0.39, 0.29) is 30.9 Å². The van der Waals surface area contributed by atoms with Crippen LogP contribution in [0.1, 0.15) is 18.9 Å². The average Bonchev–Trinajstić information content (AvgIpc) is 3.25. The second-order valence-corrected chi connectivity index (χ2v) is 7.55. The zero-order valence-electron chi connectivity index (χ0n) is 14.7. The predicted octanol–water partition coefficient (Wildman–Crippen LogP) is 2.86. The Morgan fingerprint density at radius 1 is 1.32 bits per heavy atom. The number of amides is 1. The van der Waals surface area contributed by atoms with E-state index in [1.165, 1.54) is 12.0 Å². The summed E-state index contributed by atoms with van der Waals surface area (Å²) in [5.74, 6) is 2.72. The first-order chi connectivity index (χ1) is 11.3. The second kappa shape index (κ2) is 11.3. The fraction of sp³-hybridized carbons (Fsp3) is 0.611. The topological polar surface area (TPSA) is 35.6 Å². The third kappa shape index (κ3) is 6.33. The number of benzene rings is 1. The number of hydrogen-bond acceptors (Lipinski definition) is 4. The van der Waals surface area contributed by atoms with Crippen molar-refractivity contribution >= 4 is 42.5 Å². The molecule has 2 aliphatic heterocycles. The van der Waals surface area contributed by atoms with Crippen molar-refractivity contribution in [2.45, 2.75) is 25.9 Å². The van der Waals surface area contributed by atoms with E-state index in [9.17, 15) is 4.79 Å². The minimum absolute atomic E-state index is 0. The van der Waals surface area contributed by atoms with Crippen LogP contribution in [0.2, 0.25) is 0 Å². The SMILES string of the molecule is CCN(CC1CCN(Cc2ccccc2)C1)C(=O)C1CSCN1.Cl.Cl. The minimum Gasteiger partial charge on any atom is -0.341 e. The van der Waals surface area contributed by atoms with Crippen LogP contribution in [-0.2, 0) is 11.3 Å². The lowest BCUT2D eigenvalue weighted by molar-refractivity contribution is -0.133. The Morgan fingerprint density at radius 3 is 2.72 bits per heavy atom. The van der Waals surface area contributed by atoms with Crippen molar-refractivity contribution in [1.29, 1.82) is 0 Å². The van der Waals surface area contributed by atoms with Crippen molar-refractivity contribution in [3.8, 4) is 0 Å². The maximum absolute atomic E-state index is 12.6. The molecule has 2 atom stereocenters. The summed E-state index contributed by atoms with van der Waals surface area (Å²) in [5, 5.41) is 3.30. The number of carbonyl (C=O) groups is 1. The van der Waals surface area contributed by atoms with Crippen LogP contribution in [0.25, 0.3) is 0 Å². The number of likely N-dealkylation sites (N-methyl/N-ethyl adjacent to an activating group) is 1. The number of carbonyl (C=O) groups excluding carboxylic acids is 1. The van der Waals surface area contributed by atoms with Gasteiger partial charge in [0.2, 0.25) is 5.91 Å². The summed E-state index contributed by atoms with van der Waals surface area (Å²) in [7, 11) is 0. The third-order valence-electron chi connectivity index (χ3n) is 4.81. The Labute approximate surface area is 167 Å². The third-order valence-corrected chi connectivity index (χ3v) is 5.75. The smallest absolute Gasteiger partial charge is 0.240 e. The Hall–Kier alpha value is -0.460. The van der Waals surface area contributed by atoms with Gasteiger partial charge in [0.1, 0.15) is 0 Å². The van der Waals surface area contributed by atoms with Crippen molar-refractivity contribution in [3.63, 3.8) is 0 Å². The Balaban J connectivity index is 0.00000156. The summed E-state index contributed by atoms with van der Waals surface area (Å²) in [4.78, 5) is 17.1. The van der Waals surface area contributed by atoms with Crippen LogP contribution >= 0.6 is 36.6 Å². The molecule has 2 heterocycles. The van der Waals surface area contributed by atoms with Crippen molar-refractivity contribution in [3.05, 3.63) is 35.9 Å². The lowest BCUT2D eigenvalue weighted by Gasteiger charge is -2.27. The fourth-order valence-corrected chi connectivity index (χ4v) is 4.44. The number of likely N-dealkylation sites (tertiary alicyclic amines) is 1. The predicted molar refractivity (Wildman–Crippen MR) is 111 cm³/mol. The summed E-state index contributed by atoms with van der Waals surface area (Å²) in [6.07, 6.45) is 1.20. The molecule has 0 saturated carbocycles. The normalized spacial score (nSPS) is 22.9. The number of nitrogens with one attached hydrogen (secondary N) is 1. The lowest BCUT2D eigenvalue weighted by Crippen LogP contribution is -2.46. The van der Waals surface area contributed by atoms with Crippen molar-refractivity contribution in [1.82, 2.24) is 15.1 Å². The minimum atomic E-state index is 0. The quantitative estimate of drug-likeness (QED) is 0.788. The van der Waals surface area contributed by atoms with E-state index in [0.29, 0.717) is 11.8 Å². The van der Waals surface area contributed by atoms with E-state index in [2.05, 4.69) is 52.4 Å². The van der Waals surface area contributed by atoms with Gasteiger partial charge in [-0.1, -0.05) is 30.3 Å². The van der Waals surface area contributed by atoms with Gasteiger partial charge in [-0.05, 0) is 31.4 Å². The largest absolute Gasteiger partial charge is 0.341 e. The monoisotopic (exact) mass is 405 g/mol. The first-order valence-corrected chi connectivity index (χ1v) is 9.78. The van der Waals surface area contributed by atoms with Gasteiger partial charge in [-0.3, -0.25) is 15.0 Å². The highest BCUT2D eigenvalue weighted by Gasteiger charge is 2.30. The van der Waals surface area contributed by atoms with E-state index < -0.39 is 0 Å². The van der Waals surface area contributed by atoms with Crippen molar-refractivity contribution < 1.29 is 4.79 Å². The van der Waals surface area contributed by atoms with E-state index >= 15 is 0 Å². The van der Waals surface area contributed by atoms with E-state index in [0.717, 1.165) is 44.4 Å². The Morgan fingerprint density at radius 2 is 2.08 bits per heavy atom. The molecule has 0 radical (unpaired) electrons. The highest BCUT2D eigenvalue weighted by atomic mass is 35.5. The van der Waals surface area contributed by atoms with Crippen LogP contribution in [0.3, 0.4) is 0 Å². The van der Waals surface area contributed by atoms with Gasteiger partial charge in [-0.15, -0.1) is 36.6 Å². The molecule has 1 aromatic carbocycles. The molecule has 1 aromatic rings. The van der Waals surface area contributed by atoms with Gasteiger partial charge >= 0.3 is 0 Å². The van der Waals surface area contributed by atoms with Crippen LogP contribution in [0.4, 0.5) is 0 Å². The molecule has 0 spiro atoms. The molecule has 0 aliphatic carbocycles. The van der Waals surface area contributed by atoms with Crippen molar-refractivity contribution in [2.24, 2.45) is 5.92 Å². The molecule has 2 fully saturated rings. The van der Waals surface area contributed by atoms with Crippen LogP contribution in [0.15, 0.2) is 30.3 Å². The van der Waals surface area contributed by atoms with Gasteiger partial charge in [0.15, 0.2) is 0 Å². The fourth-order valence-electron chi connectivity index (χ4n) is 3.51. The number of nitrogens with zero attached hydrogens (tertiary/aromatic N) is 2. The number of rotatable bonds is 6. The molecule has 1 amide bonds. The van der Waals surface area contributed by atoms with Crippen LogP contribution in [0.5, 0.6) is 0 Å². The molecule has 4 nitrogen and oxygen atoms in total. The summed E-state index contributed by atoms with van der Waals surface area (Å²) >= 11 is 1.82. The van der Waals surface area contributed by atoms with Gasteiger partial charge in [-0.25, -0.2) is 0 Å². The van der Waals surface area contributed by atoms with Crippen molar-refractivity contribution in [2.75, 3.05) is 37.8 Å². The molecule has 2 aliphatic rings. The number of thioether (sulfide) groups is 1. The molecule has 0 bridgehead atoms. The van der Waals surface area contributed by atoms with Crippen LogP contribution in [0, 0.1) is 5.92 Å². The summed E-state index contributed by atoms with van der Waals surface area (Å²) in [6, 6.07) is 10.7. The first-order valence-electron chi connectivity index (χ1n) is 8.62. The highest BCUT2D eigenvalue weighted by molar-refractivity contribution is 7.99. The van der Waals surface area contributed by atoms with Gasteiger partial charge in [0, 0.05) is 37.8 Å². The molecule has 7 heteroatoms. The first kappa shape index (κ1) is 22.6. The van der Waals surface area contributed by atoms with Gasteiger partial charge in [0.05, 0.1) is 6.04 Å². The Kier molecular flexibility index (Phi) is 10.2. The van der Waals surface area contributed by atoms with E-state index in [1.54, 1.807) is 0 Å². The molecule has 142 valence electrons. The van der Waals surface area contributed by atoms with E-state index in [1.807, 2.05) is 11.8 Å². The molecule has 2 unspecified atom stereocenters. The van der Waals surface area contributed by atoms with E-state index in [4.69, 9.17) is 0 Å². The second-order valence-electron chi connectivity index (χ2n) is 6.52. The lowest BCUT2D eigenvalue weighted by atomic mass is 10.1. The molecular formula is C18H29Cl2N3OS. The zero-order valence-corrected chi connectivity index (χ0v) is 17.2. The molecular weight excluding hydrogens is 377 g/mol. The maximum atomic E-state index is 12.6. The van der Waals surface area contributed by atoms with Gasteiger partial charge in [-0.2, -0.15) is 0 Å². The number of hydrogen-bond donors (Lipinski definition) is 1. The Bertz CT molecular complexity index is 514. The molecule has 25 heavy (non-hydrogen) atoms.